The molecule has 21 heavy (non-hydrogen) atoms. The number of benzene rings is 1. The molecule has 0 spiro atoms. The number of carboxylic acids is 1. The van der Waals surface area contributed by atoms with E-state index < -0.39 is 12.0 Å². The first-order valence-corrected chi connectivity index (χ1v) is 6.52. The van der Waals surface area contributed by atoms with Gasteiger partial charge in [0.2, 0.25) is 5.91 Å². The normalized spacial score (nSPS) is 10.0. The highest BCUT2D eigenvalue weighted by Crippen LogP contribution is 2.15. The summed E-state index contributed by atoms with van der Waals surface area (Å²) in [6.07, 6.45) is -0.190. The Morgan fingerprint density at radius 2 is 1.86 bits per heavy atom. The van der Waals surface area contributed by atoms with Gasteiger partial charge in [0.15, 0.2) is 0 Å². The van der Waals surface area contributed by atoms with Gasteiger partial charge in [0, 0.05) is 11.7 Å². The van der Waals surface area contributed by atoms with Crippen molar-refractivity contribution in [1.82, 2.24) is 10.6 Å². The van der Waals surface area contributed by atoms with Gasteiger partial charge in [0.1, 0.15) is 0 Å². The van der Waals surface area contributed by atoms with Gasteiger partial charge < -0.3 is 21.1 Å². The molecule has 0 saturated heterocycles. The zero-order valence-electron chi connectivity index (χ0n) is 12.0. The number of nitrogens with one attached hydrogen (secondary N) is 3. The average Bonchev–Trinajstić information content (AvgIpc) is 2.37. The lowest BCUT2D eigenvalue weighted by molar-refractivity contribution is -0.136. The molecule has 0 atom stereocenters. The summed E-state index contributed by atoms with van der Waals surface area (Å²) in [5, 5.41) is 16.4. The lowest BCUT2D eigenvalue weighted by Gasteiger charge is -2.12. The molecule has 1 rings (SSSR count). The van der Waals surface area contributed by atoms with Gasteiger partial charge in [-0.3, -0.25) is 9.59 Å². The van der Waals surface area contributed by atoms with Crippen LogP contribution in [0.1, 0.15) is 19.4 Å². The molecule has 1 aromatic carbocycles. The Hall–Kier alpha value is -2.57. The Kier molecular flexibility index (Phi) is 6.19. The number of carboxylic acid groups (broad SMARTS) is 1. The fourth-order valence-electron chi connectivity index (χ4n) is 1.66. The number of hydrogen-bond donors (Lipinski definition) is 4. The van der Waals surface area contributed by atoms with E-state index in [0.717, 1.165) is 0 Å². The van der Waals surface area contributed by atoms with Crippen molar-refractivity contribution in [2.75, 3.05) is 11.9 Å². The van der Waals surface area contributed by atoms with Crippen LogP contribution in [-0.2, 0) is 16.0 Å². The minimum Gasteiger partial charge on any atom is -0.481 e. The van der Waals surface area contributed by atoms with Crippen molar-refractivity contribution < 1.29 is 19.5 Å². The van der Waals surface area contributed by atoms with Gasteiger partial charge in [-0.1, -0.05) is 18.2 Å². The predicted molar refractivity (Wildman–Crippen MR) is 78.1 cm³/mol. The Labute approximate surface area is 122 Å². The highest BCUT2D eigenvalue weighted by Gasteiger charge is 2.10. The third kappa shape index (κ3) is 6.42. The van der Waals surface area contributed by atoms with Crippen molar-refractivity contribution in [1.29, 1.82) is 0 Å². The van der Waals surface area contributed by atoms with Crippen molar-refractivity contribution in [2.24, 2.45) is 0 Å². The van der Waals surface area contributed by atoms with Crippen LogP contribution in [0.3, 0.4) is 0 Å². The number of hydrogen-bond acceptors (Lipinski definition) is 3. The minimum absolute atomic E-state index is 0.00125. The van der Waals surface area contributed by atoms with E-state index in [1.165, 1.54) is 0 Å². The van der Waals surface area contributed by atoms with Crippen molar-refractivity contribution in [3.8, 4) is 0 Å². The SMILES string of the molecule is CC(C)NC(=O)CNC(=O)Nc1ccccc1CC(=O)O. The maximum Gasteiger partial charge on any atom is 0.319 e. The summed E-state index contributed by atoms with van der Waals surface area (Å²) in [6.45, 7) is 3.49. The molecule has 0 bridgehead atoms. The minimum atomic E-state index is -0.985. The number of urea groups is 1. The first-order chi connectivity index (χ1) is 9.88. The van der Waals surface area contributed by atoms with E-state index in [2.05, 4.69) is 16.0 Å². The van der Waals surface area contributed by atoms with Gasteiger partial charge in [-0.05, 0) is 25.5 Å². The largest absolute Gasteiger partial charge is 0.481 e. The number of anilines is 1. The van der Waals surface area contributed by atoms with Gasteiger partial charge in [-0.15, -0.1) is 0 Å². The van der Waals surface area contributed by atoms with Crippen LogP contribution in [-0.4, -0.2) is 35.6 Å². The molecule has 7 nitrogen and oxygen atoms in total. The Balaban J connectivity index is 2.55. The summed E-state index contributed by atoms with van der Waals surface area (Å²) < 4.78 is 0. The third-order valence-electron chi connectivity index (χ3n) is 2.47. The van der Waals surface area contributed by atoms with E-state index in [4.69, 9.17) is 5.11 Å². The van der Waals surface area contributed by atoms with Crippen molar-refractivity contribution in [3.63, 3.8) is 0 Å². The summed E-state index contributed by atoms with van der Waals surface area (Å²) in [6, 6.07) is 6.04. The summed E-state index contributed by atoms with van der Waals surface area (Å²) in [4.78, 5) is 33.8. The van der Waals surface area contributed by atoms with E-state index in [0.29, 0.717) is 11.3 Å². The average molecular weight is 293 g/mol. The molecule has 0 unspecified atom stereocenters. The van der Waals surface area contributed by atoms with E-state index in [1.807, 2.05) is 13.8 Å². The molecule has 0 aliphatic carbocycles. The van der Waals surface area contributed by atoms with Crippen LogP contribution in [0.15, 0.2) is 24.3 Å². The van der Waals surface area contributed by atoms with Gasteiger partial charge >= 0.3 is 12.0 Å². The molecular weight excluding hydrogens is 274 g/mol. The molecule has 1 aromatic rings. The molecule has 0 fully saturated rings. The number of carbonyl (C=O) groups is 3. The van der Waals surface area contributed by atoms with Crippen LogP contribution in [0.2, 0.25) is 0 Å². The maximum atomic E-state index is 11.7. The van der Waals surface area contributed by atoms with Crippen molar-refractivity contribution in [2.45, 2.75) is 26.3 Å². The molecule has 3 amide bonds. The van der Waals surface area contributed by atoms with E-state index in [-0.39, 0.29) is 24.9 Å². The van der Waals surface area contributed by atoms with E-state index in [1.54, 1.807) is 24.3 Å². The van der Waals surface area contributed by atoms with Gasteiger partial charge in [-0.2, -0.15) is 0 Å². The van der Waals surface area contributed by atoms with E-state index >= 15 is 0 Å². The lowest BCUT2D eigenvalue weighted by Crippen LogP contribution is -2.41. The predicted octanol–water partition coefficient (Wildman–Crippen LogP) is 0.960. The van der Waals surface area contributed by atoms with Crippen LogP contribution in [0, 0.1) is 0 Å². The molecule has 0 saturated carbocycles. The highest BCUT2D eigenvalue weighted by atomic mass is 16.4. The molecule has 0 aliphatic rings. The fourth-order valence-corrected chi connectivity index (χ4v) is 1.66. The second-order valence-electron chi connectivity index (χ2n) is 4.76. The van der Waals surface area contributed by atoms with E-state index in [9.17, 15) is 14.4 Å². The zero-order valence-corrected chi connectivity index (χ0v) is 12.0. The standard InChI is InChI=1S/C14H19N3O4/c1-9(2)16-12(18)8-15-14(21)17-11-6-4-3-5-10(11)7-13(19)20/h3-6,9H,7-8H2,1-2H3,(H,16,18)(H,19,20)(H2,15,17,21). The smallest absolute Gasteiger partial charge is 0.319 e. The summed E-state index contributed by atoms with van der Waals surface area (Å²) in [5.41, 5.74) is 0.897. The number of amides is 3. The Morgan fingerprint density at radius 3 is 2.48 bits per heavy atom. The van der Waals surface area contributed by atoms with Gasteiger partial charge in [0.05, 0.1) is 13.0 Å². The topological polar surface area (TPSA) is 108 Å². The summed E-state index contributed by atoms with van der Waals surface area (Å²) in [7, 11) is 0. The first-order valence-electron chi connectivity index (χ1n) is 6.52. The molecule has 7 heteroatoms. The Bertz CT molecular complexity index is 529. The Morgan fingerprint density at radius 1 is 1.19 bits per heavy atom. The number of aliphatic carboxylic acids is 1. The molecule has 114 valence electrons. The highest BCUT2D eigenvalue weighted by molar-refractivity contribution is 5.93. The van der Waals surface area contributed by atoms with Crippen molar-refractivity contribution in [3.05, 3.63) is 29.8 Å². The fraction of sp³-hybridized carbons (Fsp3) is 0.357. The second-order valence-corrected chi connectivity index (χ2v) is 4.76. The first kappa shape index (κ1) is 16.5. The van der Waals surface area contributed by atoms with Crippen LogP contribution < -0.4 is 16.0 Å². The summed E-state index contributed by atoms with van der Waals surface area (Å²) >= 11 is 0. The maximum absolute atomic E-state index is 11.7. The number of rotatable bonds is 6. The number of para-hydroxylation sites is 1. The molecular formula is C14H19N3O4. The molecule has 0 aromatic heterocycles. The van der Waals surface area contributed by atoms with Crippen LogP contribution in [0.25, 0.3) is 0 Å². The summed E-state index contributed by atoms with van der Waals surface area (Å²) in [5.74, 6) is -1.28. The van der Waals surface area contributed by atoms with Crippen molar-refractivity contribution >= 4 is 23.6 Å². The molecule has 0 aliphatic heterocycles. The van der Waals surface area contributed by atoms with Gasteiger partial charge in [-0.25, -0.2) is 4.79 Å². The molecule has 0 radical (unpaired) electrons. The molecule has 0 heterocycles. The lowest BCUT2D eigenvalue weighted by atomic mass is 10.1. The van der Waals surface area contributed by atoms with Gasteiger partial charge in [0.25, 0.3) is 0 Å². The molecule has 4 N–H and O–H groups in total. The quantitative estimate of drug-likeness (QED) is 0.626. The third-order valence-corrected chi connectivity index (χ3v) is 2.47. The van der Waals surface area contributed by atoms with Crippen LogP contribution >= 0.6 is 0 Å². The van der Waals surface area contributed by atoms with Crippen LogP contribution in [0.4, 0.5) is 10.5 Å². The monoisotopic (exact) mass is 293 g/mol. The van der Waals surface area contributed by atoms with Crippen LogP contribution in [0.5, 0.6) is 0 Å². The zero-order chi connectivity index (χ0) is 15.8. The number of carbonyl (C=O) groups excluding carboxylic acids is 2. The second kappa shape index (κ2) is 7.88.